The average molecular weight is 241 g/mol. The fourth-order valence-corrected chi connectivity index (χ4v) is 3.29. The van der Waals surface area contributed by atoms with Crippen LogP contribution in [0.15, 0.2) is 18.2 Å². The summed E-state index contributed by atoms with van der Waals surface area (Å²) in [6, 6.07) is 5.48. The quantitative estimate of drug-likeness (QED) is 0.850. The van der Waals surface area contributed by atoms with Gasteiger partial charge in [-0.2, -0.15) is 0 Å². The zero-order valence-corrected chi connectivity index (χ0v) is 9.96. The molecule has 1 aliphatic rings. The number of rotatable bonds is 2. The Morgan fingerprint density at radius 3 is 2.81 bits per heavy atom. The number of hydrogen-bond acceptors (Lipinski definition) is 3. The number of fused-ring (bicyclic) bond motifs is 1. The Labute approximate surface area is 95.5 Å². The molecule has 0 heterocycles. The second-order valence-electron chi connectivity index (χ2n) is 4.03. The van der Waals surface area contributed by atoms with Crippen molar-refractivity contribution >= 4 is 10.0 Å². The van der Waals surface area contributed by atoms with Gasteiger partial charge in [0.25, 0.3) is 0 Å². The fourth-order valence-electron chi connectivity index (χ4n) is 2.21. The molecule has 0 fully saturated rings. The fraction of sp³-hybridized carbons (Fsp3) is 0.455. The van der Waals surface area contributed by atoms with Gasteiger partial charge in [-0.1, -0.05) is 6.07 Å². The van der Waals surface area contributed by atoms with Crippen LogP contribution in [0.4, 0.5) is 0 Å². The lowest BCUT2D eigenvalue weighted by atomic mass is 9.91. The van der Waals surface area contributed by atoms with E-state index in [1.54, 1.807) is 13.2 Å². The Kier molecular flexibility index (Phi) is 2.90. The van der Waals surface area contributed by atoms with E-state index < -0.39 is 15.3 Å². The van der Waals surface area contributed by atoms with Crippen LogP contribution in [0.5, 0.6) is 5.75 Å². The topological polar surface area (TPSA) is 69.4 Å². The van der Waals surface area contributed by atoms with Gasteiger partial charge in [0.2, 0.25) is 10.0 Å². The van der Waals surface area contributed by atoms with Crippen molar-refractivity contribution in [1.29, 1.82) is 0 Å². The number of nitrogens with two attached hydrogens (primary N) is 1. The van der Waals surface area contributed by atoms with E-state index in [9.17, 15) is 8.42 Å². The molecule has 1 aromatic carbocycles. The first-order chi connectivity index (χ1) is 7.52. The van der Waals surface area contributed by atoms with Crippen LogP contribution in [-0.4, -0.2) is 15.5 Å². The first-order valence-corrected chi connectivity index (χ1v) is 6.82. The number of sulfonamides is 1. The monoisotopic (exact) mass is 241 g/mol. The molecule has 2 rings (SSSR count). The van der Waals surface area contributed by atoms with Gasteiger partial charge >= 0.3 is 0 Å². The minimum Gasteiger partial charge on any atom is -0.497 e. The zero-order valence-electron chi connectivity index (χ0n) is 9.14. The van der Waals surface area contributed by atoms with Crippen LogP contribution in [0, 0.1) is 0 Å². The summed E-state index contributed by atoms with van der Waals surface area (Å²) >= 11 is 0. The summed E-state index contributed by atoms with van der Waals surface area (Å²) < 4.78 is 28.0. The lowest BCUT2D eigenvalue weighted by Crippen LogP contribution is -2.25. The molecule has 1 aliphatic carbocycles. The second kappa shape index (κ2) is 4.07. The summed E-state index contributed by atoms with van der Waals surface area (Å²) in [5, 5.41) is 4.68. The molecule has 16 heavy (non-hydrogen) atoms. The molecule has 0 aliphatic heterocycles. The third-order valence-corrected chi connectivity index (χ3v) is 4.29. The van der Waals surface area contributed by atoms with Gasteiger partial charge in [0.05, 0.1) is 7.11 Å². The highest BCUT2D eigenvalue weighted by Gasteiger charge is 2.28. The van der Waals surface area contributed by atoms with Crippen molar-refractivity contribution < 1.29 is 13.2 Å². The Morgan fingerprint density at radius 1 is 1.44 bits per heavy atom. The molecule has 2 N–H and O–H groups in total. The Morgan fingerprint density at radius 2 is 2.19 bits per heavy atom. The molecular formula is C11H15NO3S. The zero-order chi connectivity index (χ0) is 11.8. The molecule has 1 unspecified atom stereocenters. The lowest BCUT2D eigenvalue weighted by Gasteiger charge is -2.24. The largest absolute Gasteiger partial charge is 0.497 e. The number of hydrogen-bond donors (Lipinski definition) is 1. The third-order valence-electron chi connectivity index (χ3n) is 3.01. The molecule has 0 spiro atoms. The van der Waals surface area contributed by atoms with Crippen LogP contribution in [0.25, 0.3) is 0 Å². The van der Waals surface area contributed by atoms with Crippen LogP contribution >= 0.6 is 0 Å². The van der Waals surface area contributed by atoms with Crippen molar-refractivity contribution in [3.63, 3.8) is 0 Å². The predicted molar refractivity (Wildman–Crippen MR) is 61.8 cm³/mol. The van der Waals surface area contributed by atoms with Crippen LogP contribution in [-0.2, 0) is 16.4 Å². The van der Waals surface area contributed by atoms with E-state index in [1.807, 2.05) is 12.1 Å². The minimum absolute atomic E-state index is 0.554. The van der Waals surface area contributed by atoms with Crippen molar-refractivity contribution in [2.24, 2.45) is 5.14 Å². The first kappa shape index (κ1) is 11.4. The van der Waals surface area contributed by atoms with Crippen molar-refractivity contribution in [3.8, 4) is 5.75 Å². The Bertz CT molecular complexity index is 496. The van der Waals surface area contributed by atoms with Gasteiger partial charge in [0.1, 0.15) is 11.0 Å². The summed E-state index contributed by atoms with van der Waals surface area (Å²) in [5.41, 5.74) is 1.86. The molecule has 5 heteroatoms. The van der Waals surface area contributed by atoms with Crippen LogP contribution in [0.3, 0.4) is 0 Å². The number of primary sulfonamides is 1. The maximum atomic E-state index is 11.5. The molecule has 1 atom stereocenters. The van der Waals surface area contributed by atoms with E-state index in [-0.39, 0.29) is 0 Å². The molecule has 0 bridgehead atoms. The highest BCUT2D eigenvalue weighted by Crippen LogP contribution is 2.35. The van der Waals surface area contributed by atoms with Crippen LogP contribution in [0.2, 0.25) is 0 Å². The number of methoxy groups -OCH3 is 1. The molecule has 0 amide bonds. The highest BCUT2D eigenvalue weighted by atomic mass is 32.2. The number of benzene rings is 1. The van der Waals surface area contributed by atoms with Gasteiger partial charge in [0.15, 0.2) is 0 Å². The van der Waals surface area contributed by atoms with E-state index in [4.69, 9.17) is 9.88 Å². The maximum Gasteiger partial charge on any atom is 0.216 e. The van der Waals surface area contributed by atoms with E-state index in [0.717, 1.165) is 29.7 Å². The van der Waals surface area contributed by atoms with Crippen molar-refractivity contribution in [1.82, 2.24) is 0 Å². The molecular weight excluding hydrogens is 226 g/mol. The van der Waals surface area contributed by atoms with Crippen LogP contribution < -0.4 is 9.88 Å². The second-order valence-corrected chi connectivity index (χ2v) is 5.78. The minimum atomic E-state index is -3.50. The summed E-state index contributed by atoms with van der Waals surface area (Å²) in [7, 11) is -1.90. The third kappa shape index (κ3) is 2.05. The summed E-state index contributed by atoms with van der Waals surface area (Å²) in [6.45, 7) is 0. The molecule has 0 aromatic heterocycles. The SMILES string of the molecule is COc1ccc2c(c1)CCCC2S(N)(=O)=O. The van der Waals surface area contributed by atoms with E-state index >= 15 is 0 Å². The average Bonchev–Trinajstić information content (AvgIpc) is 2.26. The maximum absolute atomic E-state index is 11.5. The molecule has 0 saturated heterocycles. The van der Waals surface area contributed by atoms with Gasteiger partial charge in [-0.3, -0.25) is 0 Å². The Balaban J connectivity index is 2.48. The number of ether oxygens (including phenoxy) is 1. The van der Waals surface area contributed by atoms with Gasteiger partial charge in [-0.15, -0.1) is 0 Å². The van der Waals surface area contributed by atoms with Crippen molar-refractivity contribution in [3.05, 3.63) is 29.3 Å². The molecule has 1 aromatic rings. The lowest BCUT2D eigenvalue weighted by molar-refractivity contribution is 0.413. The predicted octanol–water partition coefficient (Wildman–Crippen LogP) is 1.36. The normalized spacial score (nSPS) is 20.2. The van der Waals surface area contributed by atoms with Crippen molar-refractivity contribution in [2.45, 2.75) is 24.5 Å². The number of aryl methyl sites for hydroxylation is 1. The van der Waals surface area contributed by atoms with E-state index in [1.165, 1.54) is 0 Å². The van der Waals surface area contributed by atoms with Crippen LogP contribution in [0.1, 0.15) is 29.2 Å². The smallest absolute Gasteiger partial charge is 0.216 e. The van der Waals surface area contributed by atoms with E-state index in [2.05, 4.69) is 0 Å². The molecule has 88 valence electrons. The summed E-state index contributed by atoms with van der Waals surface area (Å²) in [5.74, 6) is 0.758. The molecule has 0 saturated carbocycles. The summed E-state index contributed by atoms with van der Waals surface area (Å²) in [6.07, 6.45) is 2.35. The highest BCUT2D eigenvalue weighted by molar-refractivity contribution is 7.89. The molecule has 0 radical (unpaired) electrons. The first-order valence-electron chi connectivity index (χ1n) is 5.21. The van der Waals surface area contributed by atoms with Crippen molar-refractivity contribution in [2.75, 3.05) is 7.11 Å². The van der Waals surface area contributed by atoms with Gasteiger partial charge in [-0.25, -0.2) is 13.6 Å². The Hall–Kier alpha value is -1.07. The van der Waals surface area contributed by atoms with Gasteiger partial charge in [0, 0.05) is 0 Å². The standard InChI is InChI=1S/C11H15NO3S/c1-15-9-5-6-10-8(7-9)3-2-4-11(10)16(12,13)14/h5-7,11H,2-4H2,1H3,(H2,12,13,14). The molecule has 4 nitrogen and oxygen atoms in total. The summed E-state index contributed by atoms with van der Waals surface area (Å²) in [4.78, 5) is 0. The van der Waals surface area contributed by atoms with Gasteiger partial charge in [-0.05, 0) is 42.5 Å². The van der Waals surface area contributed by atoms with E-state index in [0.29, 0.717) is 6.42 Å². The van der Waals surface area contributed by atoms with Gasteiger partial charge < -0.3 is 4.74 Å².